The number of carboxylic acids is 2. The molecule has 1 aromatic carbocycles. The number of benzene rings is 1. The molecule has 1 atom stereocenters. The van der Waals surface area contributed by atoms with Gasteiger partial charge in [0.1, 0.15) is 6.04 Å². The van der Waals surface area contributed by atoms with Gasteiger partial charge in [0.05, 0.1) is 6.42 Å². The first-order valence-electron chi connectivity index (χ1n) is 6.59. The molecule has 21 heavy (non-hydrogen) atoms. The minimum Gasteiger partial charge on any atom is -0.481 e. The molecule has 2 rings (SSSR count). The van der Waals surface area contributed by atoms with Crippen LogP contribution < -0.4 is 10.6 Å². The van der Waals surface area contributed by atoms with Crippen molar-refractivity contribution in [2.45, 2.75) is 31.7 Å². The fraction of sp³-hybridized carbons (Fsp3) is 0.357. The van der Waals surface area contributed by atoms with E-state index in [1.54, 1.807) is 6.07 Å². The Morgan fingerprint density at radius 2 is 1.86 bits per heavy atom. The molecule has 0 fully saturated rings. The molecule has 7 heteroatoms. The number of rotatable bonds is 5. The molecule has 1 aliphatic rings. The number of carbonyl (C=O) groups is 3. The fourth-order valence-electron chi connectivity index (χ4n) is 2.35. The van der Waals surface area contributed by atoms with Crippen molar-refractivity contribution in [1.82, 2.24) is 5.32 Å². The van der Waals surface area contributed by atoms with E-state index in [4.69, 9.17) is 10.2 Å². The van der Waals surface area contributed by atoms with Gasteiger partial charge in [-0.3, -0.25) is 4.79 Å². The van der Waals surface area contributed by atoms with Crippen molar-refractivity contribution in [3.05, 3.63) is 29.3 Å². The van der Waals surface area contributed by atoms with Crippen LogP contribution in [0.1, 0.15) is 24.0 Å². The molecule has 2 amide bonds. The maximum absolute atomic E-state index is 11.7. The van der Waals surface area contributed by atoms with Gasteiger partial charge in [0.2, 0.25) is 0 Å². The molecule has 0 aromatic heterocycles. The maximum atomic E-state index is 11.7. The van der Waals surface area contributed by atoms with Gasteiger partial charge in [0, 0.05) is 5.69 Å². The second kappa shape index (κ2) is 6.25. The molecule has 1 aliphatic carbocycles. The van der Waals surface area contributed by atoms with Gasteiger partial charge in [-0.25, -0.2) is 9.59 Å². The van der Waals surface area contributed by atoms with Gasteiger partial charge in [-0.2, -0.15) is 0 Å². The standard InChI is InChI=1S/C14H16N2O5/c17-12(18)7-11(13(19)20)16-14(21)15-10-5-4-8-2-1-3-9(8)6-10/h4-6,11H,1-3,7H2,(H,17,18)(H,19,20)(H2,15,16,21). The highest BCUT2D eigenvalue weighted by Gasteiger charge is 2.23. The summed E-state index contributed by atoms with van der Waals surface area (Å²) in [5.74, 6) is -2.68. The molecule has 0 heterocycles. The van der Waals surface area contributed by atoms with E-state index >= 15 is 0 Å². The lowest BCUT2D eigenvalue weighted by atomic mass is 10.1. The Morgan fingerprint density at radius 1 is 1.14 bits per heavy atom. The first-order valence-corrected chi connectivity index (χ1v) is 6.59. The van der Waals surface area contributed by atoms with E-state index in [1.165, 1.54) is 11.1 Å². The highest BCUT2D eigenvalue weighted by Crippen LogP contribution is 2.24. The van der Waals surface area contributed by atoms with Crippen LogP contribution in [0.2, 0.25) is 0 Å². The molecular formula is C14H16N2O5. The number of amides is 2. The van der Waals surface area contributed by atoms with Crippen molar-refractivity contribution < 1.29 is 24.6 Å². The van der Waals surface area contributed by atoms with Gasteiger partial charge in [0.25, 0.3) is 0 Å². The summed E-state index contributed by atoms with van der Waals surface area (Å²) in [7, 11) is 0. The van der Waals surface area contributed by atoms with Crippen molar-refractivity contribution in [3.63, 3.8) is 0 Å². The minimum atomic E-state index is -1.46. The molecule has 0 radical (unpaired) electrons. The van der Waals surface area contributed by atoms with Crippen molar-refractivity contribution >= 4 is 23.7 Å². The number of carbonyl (C=O) groups excluding carboxylic acids is 1. The molecule has 0 aliphatic heterocycles. The van der Waals surface area contributed by atoms with E-state index < -0.39 is 30.4 Å². The van der Waals surface area contributed by atoms with Crippen LogP contribution in [0.4, 0.5) is 10.5 Å². The van der Waals surface area contributed by atoms with Crippen LogP contribution >= 0.6 is 0 Å². The monoisotopic (exact) mass is 292 g/mol. The largest absolute Gasteiger partial charge is 0.481 e. The first-order chi connectivity index (χ1) is 9.95. The summed E-state index contributed by atoms with van der Waals surface area (Å²) >= 11 is 0. The van der Waals surface area contributed by atoms with Crippen LogP contribution in [0.3, 0.4) is 0 Å². The number of nitrogens with one attached hydrogen (secondary N) is 2. The Hall–Kier alpha value is -2.57. The van der Waals surface area contributed by atoms with Crippen molar-refractivity contribution in [2.75, 3.05) is 5.32 Å². The van der Waals surface area contributed by atoms with Crippen LogP contribution in [0, 0.1) is 0 Å². The number of hydrogen-bond acceptors (Lipinski definition) is 3. The van der Waals surface area contributed by atoms with Gasteiger partial charge in [0.15, 0.2) is 0 Å². The van der Waals surface area contributed by atoms with Crippen LogP contribution in [-0.2, 0) is 22.4 Å². The highest BCUT2D eigenvalue weighted by molar-refractivity contribution is 5.93. The number of urea groups is 1. The van der Waals surface area contributed by atoms with Gasteiger partial charge < -0.3 is 20.8 Å². The molecule has 7 nitrogen and oxygen atoms in total. The average molecular weight is 292 g/mol. The van der Waals surface area contributed by atoms with Crippen LogP contribution in [0.25, 0.3) is 0 Å². The highest BCUT2D eigenvalue weighted by atomic mass is 16.4. The average Bonchev–Trinajstić information content (AvgIpc) is 2.84. The van der Waals surface area contributed by atoms with Gasteiger partial charge >= 0.3 is 18.0 Å². The summed E-state index contributed by atoms with van der Waals surface area (Å²) in [6, 6.07) is 3.34. The van der Waals surface area contributed by atoms with E-state index in [9.17, 15) is 14.4 Å². The zero-order chi connectivity index (χ0) is 15.4. The predicted molar refractivity (Wildman–Crippen MR) is 74.3 cm³/mol. The van der Waals surface area contributed by atoms with E-state index in [2.05, 4.69) is 10.6 Å². The zero-order valence-corrected chi connectivity index (χ0v) is 11.3. The third kappa shape index (κ3) is 3.95. The number of hydrogen-bond donors (Lipinski definition) is 4. The van der Waals surface area contributed by atoms with E-state index in [1.807, 2.05) is 12.1 Å². The quantitative estimate of drug-likeness (QED) is 0.651. The molecule has 0 spiro atoms. The Morgan fingerprint density at radius 3 is 2.52 bits per heavy atom. The van der Waals surface area contributed by atoms with Gasteiger partial charge in [-0.1, -0.05) is 6.07 Å². The Bertz CT molecular complexity index is 585. The lowest BCUT2D eigenvalue weighted by Crippen LogP contribution is -2.44. The zero-order valence-electron chi connectivity index (χ0n) is 11.3. The molecule has 0 saturated carbocycles. The molecule has 0 saturated heterocycles. The molecule has 0 bridgehead atoms. The lowest BCUT2D eigenvalue weighted by Gasteiger charge is -2.13. The lowest BCUT2D eigenvalue weighted by molar-refractivity contribution is -0.145. The second-order valence-electron chi connectivity index (χ2n) is 4.92. The summed E-state index contributed by atoms with van der Waals surface area (Å²) in [6.45, 7) is 0. The summed E-state index contributed by atoms with van der Waals surface area (Å²) in [5.41, 5.74) is 3.00. The maximum Gasteiger partial charge on any atom is 0.326 e. The third-order valence-electron chi connectivity index (χ3n) is 3.34. The minimum absolute atomic E-state index is 0.563. The van der Waals surface area contributed by atoms with E-state index in [-0.39, 0.29) is 0 Å². The van der Waals surface area contributed by atoms with Crippen molar-refractivity contribution in [3.8, 4) is 0 Å². The topological polar surface area (TPSA) is 116 Å². The molecule has 1 unspecified atom stereocenters. The van der Waals surface area contributed by atoms with Crippen molar-refractivity contribution in [1.29, 1.82) is 0 Å². The Balaban J connectivity index is 1.97. The number of aliphatic carboxylic acids is 2. The number of anilines is 1. The summed E-state index contributed by atoms with van der Waals surface area (Å²) < 4.78 is 0. The number of aryl methyl sites for hydroxylation is 2. The van der Waals surface area contributed by atoms with Gasteiger partial charge in [-0.15, -0.1) is 0 Å². The van der Waals surface area contributed by atoms with Crippen LogP contribution in [-0.4, -0.2) is 34.2 Å². The number of fused-ring (bicyclic) bond motifs is 1. The third-order valence-corrected chi connectivity index (χ3v) is 3.34. The number of carboxylic acid groups (broad SMARTS) is 2. The van der Waals surface area contributed by atoms with E-state index in [0.717, 1.165) is 19.3 Å². The summed E-state index contributed by atoms with van der Waals surface area (Å²) in [5, 5.41) is 22.1. The van der Waals surface area contributed by atoms with Crippen molar-refractivity contribution in [2.24, 2.45) is 0 Å². The Kier molecular flexibility index (Phi) is 4.42. The Labute approximate surface area is 121 Å². The van der Waals surface area contributed by atoms with E-state index in [0.29, 0.717) is 5.69 Å². The summed E-state index contributed by atoms with van der Waals surface area (Å²) in [4.78, 5) is 33.1. The second-order valence-corrected chi connectivity index (χ2v) is 4.92. The summed E-state index contributed by atoms with van der Waals surface area (Å²) in [6.07, 6.45) is 2.41. The molecule has 112 valence electrons. The van der Waals surface area contributed by atoms with Crippen LogP contribution in [0.5, 0.6) is 0 Å². The molecular weight excluding hydrogens is 276 g/mol. The first kappa shape index (κ1) is 14.8. The molecule has 1 aromatic rings. The fourth-order valence-corrected chi connectivity index (χ4v) is 2.35. The van der Waals surface area contributed by atoms with Crippen LogP contribution in [0.15, 0.2) is 18.2 Å². The van der Waals surface area contributed by atoms with Gasteiger partial charge in [-0.05, 0) is 42.5 Å². The SMILES string of the molecule is O=C(O)CC(NC(=O)Nc1ccc2c(c1)CCC2)C(=O)O. The molecule has 4 N–H and O–H groups in total. The predicted octanol–water partition coefficient (Wildman–Crippen LogP) is 1.22. The normalized spacial score (nSPS) is 14.1. The smallest absolute Gasteiger partial charge is 0.326 e.